The number of carboxylic acids is 1. The molecule has 2 aromatic rings. The van der Waals surface area contributed by atoms with Crippen molar-refractivity contribution in [3.05, 3.63) is 69.5 Å². The van der Waals surface area contributed by atoms with Gasteiger partial charge in [0.15, 0.2) is 0 Å². The molecule has 23 heavy (non-hydrogen) atoms. The second-order valence-corrected chi connectivity index (χ2v) is 5.67. The quantitative estimate of drug-likeness (QED) is 0.861. The predicted molar refractivity (Wildman–Crippen MR) is 85.5 cm³/mol. The van der Waals surface area contributed by atoms with E-state index in [1.54, 1.807) is 6.07 Å². The minimum Gasteiger partial charge on any atom is -0.480 e. The zero-order chi connectivity index (χ0) is 17.0. The summed E-state index contributed by atoms with van der Waals surface area (Å²) in [5, 5.41) is 12.1. The van der Waals surface area contributed by atoms with Crippen LogP contribution in [0.4, 0.5) is 4.39 Å². The van der Waals surface area contributed by atoms with Crippen molar-refractivity contribution in [2.75, 3.05) is 0 Å². The van der Waals surface area contributed by atoms with Crippen molar-refractivity contribution in [2.24, 2.45) is 0 Å². The lowest BCUT2D eigenvalue weighted by Crippen LogP contribution is -2.42. The number of carboxylic acid groups (broad SMARTS) is 1. The Balaban J connectivity index is 2.17. The first-order valence-electron chi connectivity index (χ1n) is 6.60. The van der Waals surface area contributed by atoms with E-state index in [0.29, 0.717) is 10.6 Å². The number of benzene rings is 2. The number of rotatable bonds is 5. The molecule has 4 nitrogen and oxygen atoms in total. The Hall–Kier alpha value is -2.11. The van der Waals surface area contributed by atoms with Crippen LogP contribution < -0.4 is 5.32 Å². The van der Waals surface area contributed by atoms with Crippen molar-refractivity contribution in [3.8, 4) is 0 Å². The number of amides is 1. The van der Waals surface area contributed by atoms with E-state index in [-0.39, 0.29) is 17.0 Å². The molecule has 0 radical (unpaired) electrons. The van der Waals surface area contributed by atoms with Crippen LogP contribution in [0.5, 0.6) is 0 Å². The van der Waals surface area contributed by atoms with Gasteiger partial charge in [0.1, 0.15) is 11.9 Å². The first kappa shape index (κ1) is 17.2. The summed E-state index contributed by atoms with van der Waals surface area (Å²) >= 11 is 11.7. The maximum absolute atomic E-state index is 13.2. The van der Waals surface area contributed by atoms with Crippen LogP contribution in [0.25, 0.3) is 0 Å². The fraction of sp³-hybridized carbons (Fsp3) is 0.125. The molecule has 0 aliphatic heterocycles. The van der Waals surface area contributed by atoms with Gasteiger partial charge in [0, 0.05) is 11.4 Å². The normalized spacial score (nSPS) is 11.8. The topological polar surface area (TPSA) is 66.4 Å². The van der Waals surface area contributed by atoms with Crippen molar-refractivity contribution in [2.45, 2.75) is 12.5 Å². The van der Waals surface area contributed by atoms with Gasteiger partial charge in [-0.1, -0.05) is 35.3 Å². The summed E-state index contributed by atoms with van der Waals surface area (Å²) < 4.78 is 13.2. The minimum atomic E-state index is -1.24. The number of carbonyl (C=O) groups is 2. The molecule has 2 rings (SSSR count). The van der Waals surface area contributed by atoms with Crippen LogP contribution in [0, 0.1) is 5.82 Å². The molecule has 0 bridgehead atoms. The highest BCUT2D eigenvalue weighted by Gasteiger charge is 2.22. The first-order valence-corrected chi connectivity index (χ1v) is 7.35. The summed E-state index contributed by atoms with van der Waals surface area (Å²) in [5.74, 6) is -2.38. The van der Waals surface area contributed by atoms with Crippen LogP contribution in [-0.2, 0) is 11.2 Å². The van der Waals surface area contributed by atoms with Crippen LogP contribution in [0.3, 0.4) is 0 Å². The highest BCUT2D eigenvalue weighted by molar-refractivity contribution is 6.35. The van der Waals surface area contributed by atoms with Crippen LogP contribution in [0.2, 0.25) is 10.0 Å². The highest BCUT2D eigenvalue weighted by Crippen LogP contribution is 2.20. The summed E-state index contributed by atoms with van der Waals surface area (Å²) in [6.07, 6.45) is -0.0585. The zero-order valence-corrected chi connectivity index (χ0v) is 13.2. The van der Waals surface area contributed by atoms with Gasteiger partial charge in [-0.25, -0.2) is 9.18 Å². The molecule has 0 saturated heterocycles. The molecular weight excluding hydrogens is 344 g/mol. The van der Waals surface area contributed by atoms with E-state index in [2.05, 4.69) is 5.32 Å². The molecule has 1 atom stereocenters. The lowest BCUT2D eigenvalue weighted by molar-refractivity contribution is -0.139. The molecule has 0 spiro atoms. The first-order chi connectivity index (χ1) is 10.9. The van der Waals surface area contributed by atoms with Crippen LogP contribution in [-0.4, -0.2) is 23.0 Å². The average molecular weight is 356 g/mol. The number of hydrogen-bond donors (Lipinski definition) is 2. The lowest BCUT2D eigenvalue weighted by atomic mass is 10.1. The number of aliphatic carboxylic acids is 1. The van der Waals surface area contributed by atoms with E-state index in [1.807, 2.05) is 0 Å². The highest BCUT2D eigenvalue weighted by atomic mass is 35.5. The molecular formula is C16H12Cl2FNO3. The molecule has 1 unspecified atom stereocenters. The van der Waals surface area contributed by atoms with Crippen molar-refractivity contribution < 1.29 is 19.1 Å². The van der Waals surface area contributed by atoms with Gasteiger partial charge in [-0.15, -0.1) is 0 Å². The van der Waals surface area contributed by atoms with E-state index in [4.69, 9.17) is 23.2 Å². The molecule has 1 amide bonds. The molecule has 120 valence electrons. The van der Waals surface area contributed by atoms with Gasteiger partial charge in [-0.05, 0) is 35.9 Å². The van der Waals surface area contributed by atoms with Gasteiger partial charge in [0.25, 0.3) is 5.91 Å². The van der Waals surface area contributed by atoms with Gasteiger partial charge in [0.2, 0.25) is 0 Å². The summed E-state index contributed by atoms with van der Waals surface area (Å²) in [5.41, 5.74) is 0.527. The third-order valence-corrected chi connectivity index (χ3v) is 3.67. The van der Waals surface area contributed by atoms with Crippen LogP contribution >= 0.6 is 23.2 Å². The third-order valence-electron chi connectivity index (χ3n) is 3.11. The van der Waals surface area contributed by atoms with Gasteiger partial charge >= 0.3 is 5.97 Å². The second-order valence-electron chi connectivity index (χ2n) is 4.82. The molecule has 0 aliphatic carbocycles. The Morgan fingerprint density at radius 1 is 1.17 bits per heavy atom. The largest absolute Gasteiger partial charge is 0.480 e. The minimum absolute atomic E-state index is 0.0585. The fourth-order valence-electron chi connectivity index (χ4n) is 2.01. The SMILES string of the molecule is O=C(NC(Cc1cccc(F)c1)C(=O)O)c1cc(Cl)ccc1Cl. The second kappa shape index (κ2) is 7.44. The molecule has 0 fully saturated rings. The zero-order valence-electron chi connectivity index (χ0n) is 11.7. The molecule has 2 aromatic carbocycles. The number of hydrogen-bond acceptors (Lipinski definition) is 2. The third kappa shape index (κ3) is 4.68. The summed E-state index contributed by atoms with van der Waals surface area (Å²) in [6.45, 7) is 0. The summed E-state index contributed by atoms with van der Waals surface area (Å²) in [7, 11) is 0. The van der Waals surface area contributed by atoms with Crippen molar-refractivity contribution in [1.82, 2.24) is 5.32 Å². The van der Waals surface area contributed by atoms with Crippen molar-refractivity contribution in [1.29, 1.82) is 0 Å². The van der Waals surface area contributed by atoms with Crippen molar-refractivity contribution >= 4 is 35.1 Å². The van der Waals surface area contributed by atoms with E-state index in [1.165, 1.54) is 36.4 Å². The van der Waals surface area contributed by atoms with Crippen LogP contribution in [0.15, 0.2) is 42.5 Å². The maximum Gasteiger partial charge on any atom is 0.326 e. The smallest absolute Gasteiger partial charge is 0.326 e. The molecule has 2 N–H and O–H groups in total. The van der Waals surface area contributed by atoms with E-state index < -0.39 is 23.7 Å². The van der Waals surface area contributed by atoms with Crippen LogP contribution in [0.1, 0.15) is 15.9 Å². The number of halogens is 3. The Morgan fingerprint density at radius 2 is 1.91 bits per heavy atom. The maximum atomic E-state index is 13.2. The van der Waals surface area contributed by atoms with Gasteiger partial charge in [-0.3, -0.25) is 4.79 Å². The van der Waals surface area contributed by atoms with E-state index in [9.17, 15) is 19.1 Å². The fourth-order valence-corrected chi connectivity index (χ4v) is 2.38. The van der Waals surface area contributed by atoms with Crippen molar-refractivity contribution in [3.63, 3.8) is 0 Å². The number of carbonyl (C=O) groups excluding carboxylic acids is 1. The molecule has 0 heterocycles. The summed E-state index contributed by atoms with van der Waals surface area (Å²) in [6, 6.07) is 8.61. The monoisotopic (exact) mass is 355 g/mol. The predicted octanol–water partition coefficient (Wildman–Crippen LogP) is 3.56. The Morgan fingerprint density at radius 3 is 2.57 bits per heavy atom. The van der Waals surface area contributed by atoms with Gasteiger partial charge in [0.05, 0.1) is 10.6 Å². The Bertz CT molecular complexity index is 752. The summed E-state index contributed by atoms with van der Waals surface area (Å²) in [4.78, 5) is 23.5. The van der Waals surface area contributed by atoms with Gasteiger partial charge < -0.3 is 10.4 Å². The molecule has 0 aromatic heterocycles. The van der Waals surface area contributed by atoms with E-state index in [0.717, 1.165) is 0 Å². The van der Waals surface area contributed by atoms with Gasteiger partial charge in [-0.2, -0.15) is 0 Å². The molecule has 7 heteroatoms. The molecule has 0 saturated carbocycles. The Kier molecular flexibility index (Phi) is 5.58. The Labute approximate surface area is 141 Å². The molecule has 0 aliphatic rings. The number of nitrogens with one attached hydrogen (secondary N) is 1. The lowest BCUT2D eigenvalue weighted by Gasteiger charge is -2.15. The average Bonchev–Trinajstić information content (AvgIpc) is 2.49. The standard InChI is InChI=1S/C16H12Cl2FNO3/c17-10-4-5-13(18)12(8-10)15(21)20-14(16(22)23)7-9-2-1-3-11(19)6-9/h1-6,8,14H,7H2,(H,20,21)(H,22,23). The van der Waals surface area contributed by atoms with E-state index >= 15 is 0 Å².